The molecule has 0 aliphatic carbocycles. The molecule has 1 aromatic heterocycles. The first-order chi connectivity index (χ1) is 8.83. The molecule has 0 aliphatic rings. The number of anilines is 1. The van der Waals surface area contributed by atoms with Crippen LogP contribution in [0.3, 0.4) is 0 Å². The SMILES string of the molecule is CCCNc1ncc(C(=O)NCC(F)(F)F)cc1Cl. The molecule has 0 saturated heterocycles. The summed E-state index contributed by atoms with van der Waals surface area (Å²) in [4.78, 5) is 15.3. The lowest BCUT2D eigenvalue weighted by Crippen LogP contribution is -2.33. The summed E-state index contributed by atoms with van der Waals surface area (Å²) in [5, 5.41) is 4.86. The number of pyridine rings is 1. The van der Waals surface area contributed by atoms with Crippen LogP contribution in [0.15, 0.2) is 12.3 Å². The lowest BCUT2D eigenvalue weighted by atomic mass is 10.2. The second-order valence-electron chi connectivity index (χ2n) is 3.78. The van der Waals surface area contributed by atoms with Crippen LogP contribution >= 0.6 is 11.6 Å². The molecule has 0 aromatic carbocycles. The average molecular weight is 296 g/mol. The van der Waals surface area contributed by atoms with Crippen molar-refractivity contribution in [2.75, 3.05) is 18.4 Å². The van der Waals surface area contributed by atoms with Gasteiger partial charge in [-0.15, -0.1) is 0 Å². The summed E-state index contributed by atoms with van der Waals surface area (Å²) in [7, 11) is 0. The van der Waals surface area contributed by atoms with E-state index in [-0.39, 0.29) is 10.6 Å². The molecule has 19 heavy (non-hydrogen) atoms. The molecule has 0 aliphatic heterocycles. The van der Waals surface area contributed by atoms with Crippen LogP contribution in [-0.2, 0) is 0 Å². The van der Waals surface area contributed by atoms with Crippen molar-refractivity contribution in [2.45, 2.75) is 19.5 Å². The van der Waals surface area contributed by atoms with Gasteiger partial charge < -0.3 is 10.6 Å². The predicted octanol–water partition coefficient (Wildman–Crippen LogP) is 2.85. The lowest BCUT2D eigenvalue weighted by Gasteiger charge is -2.10. The number of aromatic nitrogens is 1. The first-order valence-corrected chi connectivity index (χ1v) is 5.95. The zero-order chi connectivity index (χ0) is 14.5. The van der Waals surface area contributed by atoms with E-state index in [0.29, 0.717) is 12.4 Å². The van der Waals surface area contributed by atoms with Crippen LogP contribution in [0.5, 0.6) is 0 Å². The number of hydrogen-bond acceptors (Lipinski definition) is 3. The normalized spacial score (nSPS) is 11.2. The Labute approximate surface area is 113 Å². The van der Waals surface area contributed by atoms with Crippen LogP contribution < -0.4 is 10.6 Å². The fourth-order valence-corrected chi connectivity index (χ4v) is 1.45. The molecule has 0 spiro atoms. The molecule has 106 valence electrons. The van der Waals surface area contributed by atoms with E-state index in [0.717, 1.165) is 6.42 Å². The minimum atomic E-state index is -4.45. The summed E-state index contributed by atoms with van der Waals surface area (Å²) < 4.78 is 35.8. The maximum absolute atomic E-state index is 11.9. The fourth-order valence-electron chi connectivity index (χ4n) is 1.22. The van der Waals surface area contributed by atoms with E-state index in [1.165, 1.54) is 12.3 Å². The molecular weight excluding hydrogens is 283 g/mol. The van der Waals surface area contributed by atoms with E-state index in [2.05, 4.69) is 10.3 Å². The number of carbonyl (C=O) groups is 1. The van der Waals surface area contributed by atoms with Gasteiger partial charge in [-0.3, -0.25) is 4.79 Å². The van der Waals surface area contributed by atoms with Gasteiger partial charge in [0.25, 0.3) is 5.91 Å². The van der Waals surface area contributed by atoms with Gasteiger partial charge >= 0.3 is 6.18 Å². The molecular formula is C11H13ClF3N3O. The van der Waals surface area contributed by atoms with Crippen molar-refractivity contribution < 1.29 is 18.0 Å². The minimum absolute atomic E-state index is 0.0173. The molecule has 0 unspecified atom stereocenters. The summed E-state index contributed by atoms with van der Waals surface area (Å²) in [6.07, 6.45) is -2.41. The largest absolute Gasteiger partial charge is 0.405 e. The molecule has 0 fully saturated rings. The topological polar surface area (TPSA) is 54.0 Å². The van der Waals surface area contributed by atoms with E-state index >= 15 is 0 Å². The Balaban J connectivity index is 2.69. The second kappa shape index (κ2) is 6.60. The van der Waals surface area contributed by atoms with Crippen molar-refractivity contribution in [3.8, 4) is 0 Å². The van der Waals surface area contributed by atoms with E-state index in [9.17, 15) is 18.0 Å². The number of nitrogens with one attached hydrogen (secondary N) is 2. The van der Waals surface area contributed by atoms with Gasteiger partial charge in [-0.2, -0.15) is 13.2 Å². The molecule has 0 bridgehead atoms. The highest BCUT2D eigenvalue weighted by atomic mass is 35.5. The van der Waals surface area contributed by atoms with Gasteiger partial charge in [-0.25, -0.2) is 4.98 Å². The zero-order valence-corrected chi connectivity index (χ0v) is 10.9. The van der Waals surface area contributed by atoms with Crippen molar-refractivity contribution in [2.24, 2.45) is 0 Å². The summed E-state index contributed by atoms with van der Waals surface area (Å²) in [5.74, 6) is -0.468. The van der Waals surface area contributed by atoms with E-state index in [1.54, 1.807) is 5.32 Å². The minimum Gasteiger partial charge on any atom is -0.369 e. The van der Waals surface area contributed by atoms with Crippen molar-refractivity contribution in [3.63, 3.8) is 0 Å². The van der Waals surface area contributed by atoms with Crippen LogP contribution in [0.25, 0.3) is 0 Å². The number of halogens is 4. The smallest absolute Gasteiger partial charge is 0.369 e. The summed E-state index contributed by atoms with van der Waals surface area (Å²) in [6.45, 7) is 1.23. The Bertz CT molecular complexity index is 451. The van der Waals surface area contributed by atoms with Crippen LogP contribution in [0.4, 0.5) is 19.0 Å². The van der Waals surface area contributed by atoms with Crippen LogP contribution in [0, 0.1) is 0 Å². The third-order valence-corrected chi connectivity index (χ3v) is 2.38. The zero-order valence-electron chi connectivity index (χ0n) is 10.1. The van der Waals surface area contributed by atoms with E-state index in [4.69, 9.17) is 11.6 Å². The molecule has 1 aromatic rings. The molecule has 1 rings (SSSR count). The fraction of sp³-hybridized carbons (Fsp3) is 0.455. The van der Waals surface area contributed by atoms with Crippen LogP contribution in [0.2, 0.25) is 5.02 Å². The summed E-state index contributed by atoms with van der Waals surface area (Å²) in [6, 6.07) is 1.28. The lowest BCUT2D eigenvalue weighted by molar-refractivity contribution is -0.123. The monoisotopic (exact) mass is 295 g/mol. The molecule has 0 saturated carbocycles. The van der Waals surface area contributed by atoms with E-state index in [1.807, 2.05) is 6.92 Å². The van der Waals surface area contributed by atoms with Gasteiger partial charge in [0.15, 0.2) is 0 Å². The Morgan fingerprint density at radius 1 is 1.47 bits per heavy atom. The molecule has 0 radical (unpaired) electrons. The second-order valence-corrected chi connectivity index (χ2v) is 4.19. The number of amides is 1. The highest BCUT2D eigenvalue weighted by Crippen LogP contribution is 2.20. The molecule has 0 atom stereocenters. The Morgan fingerprint density at radius 2 is 2.16 bits per heavy atom. The molecule has 2 N–H and O–H groups in total. The number of carbonyl (C=O) groups excluding carboxylic acids is 1. The Morgan fingerprint density at radius 3 is 2.68 bits per heavy atom. The van der Waals surface area contributed by atoms with Gasteiger partial charge in [0.05, 0.1) is 10.6 Å². The summed E-state index contributed by atoms with van der Waals surface area (Å²) in [5.41, 5.74) is -0.0173. The Kier molecular flexibility index (Phi) is 5.41. The van der Waals surface area contributed by atoms with Crippen LogP contribution in [-0.4, -0.2) is 30.2 Å². The van der Waals surface area contributed by atoms with Gasteiger partial charge in [0.2, 0.25) is 0 Å². The number of alkyl halides is 3. The van der Waals surface area contributed by atoms with Crippen molar-refractivity contribution in [3.05, 3.63) is 22.8 Å². The molecule has 8 heteroatoms. The number of nitrogens with zero attached hydrogens (tertiary/aromatic N) is 1. The van der Waals surface area contributed by atoms with Gasteiger partial charge in [-0.05, 0) is 12.5 Å². The van der Waals surface area contributed by atoms with Gasteiger partial charge in [0.1, 0.15) is 12.4 Å². The first-order valence-electron chi connectivity index (χ1n) is 5.58. The first kappa shape index (κ1) is 15.6. The van der Waals surface area contributed by atoms with Crippen LogP contribution in [0.1, 0.15) is 23.7 Å². The van der Waals surface area contributed by atoms with Crippen molar-refractivity contribution >= 4 is 23.3 Å². The standard InChI is InChI=1S/C11H13ClF3N3O/c1-2-3-16-9-8(12)4-7(5-17-9)10(19)18-6-11(13,14)15/h4-5H,2-3,6H2,1H3,(H,16,17)(H,18,19). The average Bonchev–Trinajstić information content (AvgIpc) is 2.33. The van der Waals surface area contributed by atoms with Gasteiger partial charge in [-0.1, -0.05) is 18.5 Å². The summed E-state index contributed by atoms with van der Waals surface area (Å²) >= 11 is 5.87. The van der Waals surface area contributed by atoms with Gasteiger partial charge in [0, 0.05) is 12.7 Å². The van der Waals surface area contributed by atoms with Crippen molar-refractivity contribution in [1.29, 1.82) is 0 Å². The number of hydrogen-bond donors (Lipinski definition) is 2. The molecule has 4 nitrogen and oxygen atoms in total. The highest BCUT2D eigenvalue weighted by molar-refractivity contribution is 6.33. The third-order valence-electron chi connectivity index (χ3n) is 2.10. The quantitative estimate of drug-likeness (QED) is 0.878. The van der Waals surface area contributed by atoms with Crippen molar-refractivity contribution in [1.82, 2.24) is 10.3 Å². The third kappa shape index (κ3) is 5.34. The predicted molar refractivity (Wildman–Crippen MR) is 66.4 cm³/mol. The number of rotatable bonds is 5. The molecule has 1 heterocycles. The molecule has 1 amide bonds. The van der Waals surface area contributed by atoms with E-state index < -0.39 is 18.6 Å². The maximum atomic E-state index is 11.9. The maximum Gasteiger partial charge on any atom is 0.405 e. The Hall–Kier alpha value is -1.50. The highest BCUT2D eigenvalue weighted by Gasteiger charge is 2.28.